The number of hydrogen-bond acceptors (Lipinski definition) is 4. The number of carbonyl (C=O) groups excluding carboxylic acids is 3. The Labute approximate surface area is 180 Å². The van der Waals surface area contributed by atoms with Gasteiger partial charge in [-0.2, -0.15) is 0 Å². The summed E-state index contributed by atoms with van der Waals surface area (Å²) in [6, 6.07) is 13.0. The third-order valence-corrected chi connectivity index (χ3v) is 6.07. The van der Waals surface area contributed by atoms with Crippen molar-refractivity contribution < 1.29 is 18.8 Å². The van der Waals surface area contributed by atoms with Crippen LogP contribution in [0, 0.1) is 5.82 Å². The van der Waals surface area contributed by atoms with E-state index in [0.717, 1.165) is 11.3 Å². The zero-order valence-electron chi connectivity index (χ0n) is 17.5. The third-order valence-electron chi connectivity index (χ3n) is 6.07. The van der Waals surface area contributed by atoms with E-state index >= 15 is 0 Å². The lowest BCUT2D eigenvalue weighted by atomic mass is 9.81. The fourth-order valence-corrected chi connectivity index (χ4v) is 4.59. The molecule has 1 spiro atoms. The maximum absolute atomic E-state index is 13.8. The van der Waals surface area contributed by atoms with Crippen LogP contribution in [-0.4, -0.2) is 40.9 Å². The smallest absolute Gasteiger partial charge is 0.326 e. The molecule has 2 aromatic carbocycles. The highest BCUT2D eigenvalue weighted by Gasteiger charge is 2.56. The van der Waals surface area contributed by atoms with Crippen molar-refractivity contribution in [3.63, 3.8) is 0 Å². The van der Waals surface area contributed by atoms with E-state index in [2.05, 4.69) is 15.5 Å². The van der Waals surface area contributed by atoms with Crippen molar-refractivity contribution in [1.29, 1.82) is 0 Å². The number of piperidine rings is 1. The summed E-state index contributed by atoms with van der Waals surface area (Å²) in [5.41, 5.74) is 1.20. The quantitative estimate of drug-likeness (QED) is 0.739. The van der Waals surface area contributed by atoms with Gasteiger partial charge in [0.1, 0.15) is 11.4 Å². The van der Waals surface area contributed by atoms with E-state index < -0.39 is 17.4 Å². The predicted octanol–water partition coefficient (Wildman–Crippen LogP) is 3.26. The topological polar surface area (TPSA) is 81.8 Å². The first-order valence-corrected chi connectivity index (χ1v) is 10.3. The predicted molar refractivity (Wildman–Crippen MR) is 115 cm³/mol. The van der Waals surface area contributed by atoms with Crippen molar-refractivity contribution in [3.05, 3.63) is 59.9 Å². The van der Waals surface area contributed by atoms with Crippen molar-refractivity contribution in [1.82, 2.24) is 10.2 Å². The van der Waals surface area contributed by atoms with Gasteiger partial charge in [0.15, 0.2) is 0 Å². The molecule has 162 valence electrons. The van der Waals surface area contributed by atoms with Crippen molar-refractivity contribution in [2.24, 2.45) is 0 Å². The molecule has 2 fully saturated rings. The van der Waals surface area contributed by atoms with Gasteiger partial charge in [0.2, 0.25) is 5.91 Å². The molecule has 2 aliphatic rings. The Balaban J connectivity index is 1.51. The van der Waals surface area contributed by atoms with E-state index in [0.29, 0.717) is 31.6 Å². The number of carbonyl (C=O) groups is 3. The molecule has 2 N–H and O–H groups in total. The highest BCUT2D eigenvalue weighted by Crippen LogP contribution is 2.39. The number of halogens is 1. The number of nitrogens with zero attached hydrogens (tertiary/aromatic N) is 2. The lowest BCUT2D eigenvalue weighted by Crippen LogP contribution is -2.59. The molecule has 0 bridgehead atoms. The number of benzene rings is 2. The fourth-order valence-electron chi connectivity index (χ4n) is 4.59. The zero-order chi connectivity index (χ0) is 22.2. The van der Waals surface area contributed by atoms with Crippen molar-refractivity contribution in [2.45, 2.75) is 44.8 Å². The average Bonchev–Trinajstić information content (AvgIpc) is 2.94. The van der Waals surface area contributed by atoms with Gasteiger partial charge in [0.25, 0.3) is 5.91 Å². The van der Waals surface area contributed by atoms with E-state index in [4.69, 9.17) is 0 Å². The first-order valence-electron chi connectivity index (χ1n) is 10.3. The van der Waals surface area contributed by atoms with Gasteiger partial charge in [0, 0.05) is 37.4 Å². The molecular formula is C23H25FN4O3. The molecule has 4 rings (SSSR count). The summed E-state index contributed by atoms with van der Waals surface area (Å²) in [6.07, 6.45) is 0.903. The Morgan fingerprint density at radius 1 is 1.23 bits per heavy atom. The fraction of sp³-hybridized carbons (Fsp3) is 0.348. The van der Waals surface area contributed by atoms with Crippen LogP contribution in [0.1, 0.15) is 32.3 Å². The standard InChI is InChI=1S/C23H25FN4O3/c1-15-13-23(21(30)26-22(31)28(23)20-5-3-4-18(24)12-20)10-11-27(15)14-17-6-8-19(9-7-17)25-16(2)29/h3-9,12,15H,10-11,13-14H2,1-2H3,(H,25,29)(H,26,30,31)/t15-,23+/m0/s1. The molecule has 2 atom stereocenters. The molecule has 2 saturated heterocycles. The van der Waals surface area contributed by atoms with Gasteiger partial charge < -0.3 is 5.32 Å². The van der Waals surface area contributed by atoms with Gasteiger partial charge >= 0.3 is 6.03 Å². The van der Waals surface area contributed by atoms with E-state index in [-0.39, 0.29) is 17.9 Å². The second-order valence-corrected chi connectivity index (χ2v) is 8.26. The van der Waals surface area contributed by atoms with Gasteiger partial charge in [0.05, 0.1) is 0 Å². The summed E-state index contributed by atoms with van der Waals surface area (Å²) in [5.74, 6) is -0.893. The number of likely N-dealkylation sites (tertiary alicyclic amines) is 1. The number of amides is 4. The van der Waals surface area contributed by atoms with E-state index in [9.17, 15) is 18.8 Å². The largest absolute Gasteiger partial charge is 0.329 e. The Morgan fingerprint density at radius 3 is 2.61 bits per heavy atom. The minimum atomic E-state index is -1.02. The van der Waals surface area contributed by atoms with Crippen molar-refractivity contribution in [2.75, 3.05) is 16.8 Å². The summed E-state index contributed by atoms with van der Waals surface area (Å²) < 4.78 is 13.8. The third kappa shape index (κ3) is 4.03. The monoisotopic (exact) mass is 424 g/mol. The highest BCUT2D eigenvalue weighted by atomic mass is 19.1. The Hall–Kier alpha value is -3.26. The summed E-state index contributed by atoms with van der Waals surface area (Å²) in [5, 5.41) is 5.17. The molecule has 7 nitrogen and oxygen atoms in total. The van der Waals surface area contributed by atoms with Crippen LogP contribution in [0.15, 0.2) is 48.5 Å². The van der Waals surface area contributed by atoms with Crippen molar-refractivity contribution in [3.8, 4) is 0 Å². The maximum Gasteiger partial charge on any atom is 0.329 e. The second kappa shape index (κ2) is 8.11. The van der Waals surface area contributed by atoms with Crippen LogP contribution < -0.4 is 15.5 Å². The van der Waals surface area contributed by atoms with Gasteiger partial charge in [-0.15, -0.1) is 0 Å². The van der Waals surface area contributed by atoms with Gasteiger partial charge in [-0.1, -0.05) is 18.2 Å². The molecule has 0 saturated carbocycles. The SMILES string of the molecule is CC(=O)Nc1ccc(CN2CC[C@@]3(C[C@@H]2C)C(=O)NC(=O)N3c2cccc(F)c2)cc1. The molecule has 4 amide bonds. The van der Waals surface area contributed by atoms with Crippen LogP contribution in [0.3, 0.4) is 0 Å². The molecule has 2 heterocycles. The van der Waals surface area contributed by atoms with Crippen LogP contribution in [0.5, 0.6) is 0 Å². The molecule has 0 aromatic heterocycles. The number of imide groups is 1. The zero-order valence-corrected chi connectivity index (χ0v) is 17.5. The highest BCUT2D eigenvalue weighted by molar-refractivity contribution is 6.17. The summed E-state index contributed by atoms with van der Waals surface area (Å²) in [6.45, 7) is 4.80. The number of rotatable bonds is 4. The Bertz CT molecular complexity index is 1030. The van der Waals surface area contributed by atoms with Crippen LogP contribution in [0.2, 0.25) is 0 Å². The maximum atomic E-state index is 13.8. The normalized spacial score (nSPS) is 23.8. The molecule has 31 heavy (non-hydrogen) atoms. The van der Waals surface area contributed by atoms with Crippen LogP contribution in [0.25, 0.3) is 0 Å². The number of anilines is 2. The number of urea groups is 1. The Morgan fingerprint density at radius 2 is 1.97 bits per heavy atom. The van der Waals surface area contributed by atoms with E-state index in [1.807, 2.05) is 31.2 Å². The molecule has 8 heteroatoms. The van der Waals surface area contributed by atoms with E-state index in [1.165, 1.54) is 30.0 Å². The summed E-state index contributed by atoms with van der Waals surface area (Å²) >= 11 is 0. The first-order chi connectivity index (χ1) is 14.8. The molecule has 2 aliphatic heterocycles. The van der Waals surface area contributed by atoms with Crippen LogP contribution in [-0.2, 0) is 16.1 Å². The lowest BCUT2D eigenvalue weighted by molar-refractivity contribution is -0.125. The van der Waals surface area contributed by atoms with Gasteiger partial charge in [-0.3, -0.25) is 24.7 Å². The minimum Gasteiger partial charge on any atom is -0.326 e. The average molecular weight is 424 g/mol. The molecule has 2 aromatic rings. The first kappa shape index (κ1) is 21.0. The minimum absolute atomic E-state index is 0.0245. The molecular weight excluding hydrogens is 399 g/mol. The summed E-state index contributed by atoms with van der Waals surface area (Å²) in [7, 11) is 0. The van der Waals surface area contributed by atoms with Crippen LogP contribution >= 0.6 is 0 Å². The Kier molecular flexibility index (Phi) is 5.49. The second-order valence-electron chi connectivity index (χ2n) is 8.26. The molecule has 0 aliphatic carbocycles. The number of hydrogen-bond donors (Lipinski definition) is 2. The number of nitrogens with one attached hydrogen (secondary N) is 2. The van der Waals surface area contributed by atoms with E-state index in [1.54, 1.807) is 6.07 Å². The molecule has 0 radical (unpaired) electrons. The summed E-state index contributed by atoms with van der Waals surface area (Å²) in [4.78, 5) is 40.3. The van der Waals surface area contributed by atoms with Gasteiger partial charge in [-0.05, 0) is 55.7 Å². The van der Waals surface area contributed by atoms with Crippen molar-refractivity contribution >= 4 is 29.2 Å². The molecule has 0 unspecified atom stereocenters. The van der Waals surface area contributed by atoms with Gasteiger partial charge in [-0.25, -0.2) is 9.18 Å². The van der Waals surface area contributed by atoms with Crippen LogP contribution in [0.4, 0.5) is 20.6 Å². The lowest BCUT2D eigenvalue weighted by Gasteiger charge is -2.45.